The fourth-order valence-corrected chi connectivity index (χ4v) is 2.34. The van der Waals surface area contributed by atoms with Gasteiger partial charge in [-0.2, -0.15) is 0 Å². The van der Waals surface area contributed by atoms with Gasteiger partial charge in [-0.15, -0.1) is 0 Å². The first-order chi connectivity index (χ1) is 11.8. The molecule has 0 atom stereocenters. The van der Waals surface area contributed by atoms with Gasteiger partial charge in [-0.1, -0.05) is 18.2 Å². The zero-order valence-electron chi connectivity index (χ0n) is 13.7. The summed E-state index contributed by atoms with van der Waals surface area (Å²) in [7, 11) is 0. The van der Waals surface area contributed by atoms with Crippen LogP contribution in [0.2, 0.25) is 0 Å². The topological polar surface area (TPSA) is 113 Å². The quantitative estimate of drug-likeness (QED) is 0.450. The molecule has 0 N–H and O–H groups in total. The molecule has 25 heavy (non-hydrogen) atoms. The third-order valence-electron chi connectivity index (χ3n) is 3.88. The van der Waals surface area contributed by atoms with Crippen molar-refractivity contribution in [3.8, 4) is 0 Å². The molecular formula is C17H16N2O6. The van der Waals surface area contributed by atoms with Gasteiger partial charge in [0.2, 0.25) is 0 Å². The van der Waals surface area contributed by atoms with Crippen LogP contribution in [0.15, 0.2) is 36.4 Å². The smallest absolute Gasteiger partial charge is 0.338 e. The highest BCUT2D eigenvalue weighted by Gasteiger charge is 2.20. The molecule has 0 aliphatic heterocycles. The molecule has 2 aromatic rings. The Hall–Kier alpha value is -3.29. The van der Waals surface area contributed by atoms with Gasteiger partial charge in [0.05, 0.1) is 28.1 Å². The molecule has 0 aliphatic rings. The van der Waals surface area contributed by atoms with Gasteiger partial charge in [0, 0.05) is 18.6 Å². The van der Waals surface area contributed by atoms with Crippen molar-refractivity contribution in [1.29, 1.82) is 0 Å². The van der Waals surface area contributed by atoms with E-state index in [1.54, 1.807) is 0 Å². The standard InChI is InChI=1S/C17H16N2O6/c1-11-4-3-5-13(12(11)2)6-7-25-17(20)14-8-15(18(21)22)10-16(9-14)19(23)24/h3-5,8-10H,6-7H2,1-2H3. The van der Waals surface area contributed by atoms with E-state index in [9.17, 15) is 25.0 Å². The van der Waals surface area contributed by atoms with Crippen LogP contribution in [0.5, 0.6) is 0 Å². The minimum Gasteiger partial charge on any atom is -0.462 e. The molecule has 2 rings (SSSR count). The summed E-state index contributed by atoms with van der Waals surface area (Å²) in [6.07, 6.45) is 0.482. The Morgan fingerprint density at radius 1 is 1.04 bits per heavy atom. The summed E-state index contributed by atoms with van der Waals surface area (Å²) in [5, 5.41) is 21.7. The van der Waals surface area contributed by atoms with Crippen LogP contribution in [0, 0.1) is 34.1 Å². The summed E-state index contributed by atoms with van der Waals surface area (Å²) in [5.41, 5.74) is 1.97. The number of benzene rings is 2. The summed E-state index contributed by atoms with van der Waals surface area (Å²) in [5.74, 6) is -0.836. The van der Waals surface area contributed by atoms with E-state index in [2.05, 4.69) is 0 Å². The first-order valence-corrected chi connectivity index (χ1v) is 7.45. The van der Waals surface area contributed by atoms with E-state index in [-0.39, 0.29) is 12.2 Å². The number of nitro benzene ring substituents is 2. The summed E-state index contributed by atoms with van der Waals surface area (Å²) < 4.78 is 5.11. The summed E-state index contributed by atoms with van der Waals surface area (Å²) in [6, 6.07) is 8.54. The molecule has 0 aliphatic carbocycles. The van der Waals surface area contributed by atoms with Crippen molar-refractivity contribution in [2.24, 2.45) is 0 Å². The summed E-state index contributed by atoms with van der Waals surface area (Å²) in [6.45, 7) is 4.02. The number of nitro groups is 2. The third kappa shape index (κ3) is 4.37. The Bertz CT molecular complexity index is 815. The van der Waals surface area contributed by atoms with E-state index in [1.165, 1.54) is 0 Å². The molecule has 0 fully saturated rings. The van der Waals surface area contributed by atoms with Crippen molar-refractivity contribution in [3.05, 3.63) is 78.9 Å². The van der Waals surface area contributed by atoms with Gasteiger partial charge in [-0.05, 0) is 30.5 Å². The first-order valence-electron chi connectivity index (χ1n) is 7.45. The minimum absolute atomic E-state index is 0.0691. The zero-order valence-corrected chi connectivity index (χ0v) is 13.7. The molecule has 2 aromatic carbocycles. The molecule has 0 bridgehead atoms. The van der Waals surface area contributed by atoms with Gasteiger partial charge < -0.3 is 4.74 Å². The molecule has 130 valence electrons. The lowest BCUT2D eigenvalue weighted by atomic mass is 10.0. The molecule has 0 spiro atoms. The highest BCUT2D eigenvalue weighted by atomic mass is 16.6. The van der Waals surface area contributed by atoms with Crippen molar-refractivity contribution in [2.45, 2.75) is 20.3 Å². The van der Waals surface area contributed by atoms with Crippen LogP contribution < -0.4 is 0 Å². The number of ether oxygens (including phenoxy) is 1. The number of rotatable bonds is 6. The van der Waals surface area contributed by atoms with Crippen LogP contribution in [-0.4, -0.2) is 22.4 Å². The van der Waals surface area contributed by atoms with Crippen LogP contribution in [0.3, 0.4) is 0 Å². The predicted octanol–water partition coefficient (Wildman–Crippen LogP) is 3.52. The zero-order chi connectivity index (χ0) is 18.6. The fourth-order valence-electron chi connectivity index (χ4n) is 2.34. The summed E-state index contributed by atoms with van der Waals surface area (Å²) >= 11 is 0. The molecule has 0 unspecified atom stereocenters. The number of nitrogens with zero attached hydrogens (tertiary/aromatic N) is 2. The van der Waals surface area contributed by atoms with E-state index in [1.807, 2.05) is 32.0 Å². The Kier molecular flexibility index (Phi) is 5.43. The average Bonchev–Trinajstić information content (AvgIpc) is 2.58. The highest BCUT2D eigenvalue weighted by molar-refractivity contribution is 5.91. The third-order valence-corrected chi connectivity index (χ3v) is 3.88. The van der Waals surface area contributed by atoms with Gasteiger partial charge >= 0.3 is 5.97 Å². The molecule has 8 heteroatoms. The molecule has 0 saturated heterocycles. The largest absolute Gasteiger partial charge is 0.462 e. The van der Waals surface area contributed by atoms with E-state index in [0.717, 1.165) is 34.9 Å². The molecule has 0 heterocycles. The van der Waals surface area contributed by atoms with Gasteiger partial charge in [0.1, 0.15) is 0 Å². The van der Waals surface area contributed by atoms with Gasteiger partial charge in [0.25, 0.3) is 11.4 Å². The van der Waals surface area contributed by atoms with Crippen LogP contribution in [0.25, 0.3) is 0 Å². The molecule has 0 amide bonds. The first kappa shape index (κ1) is 18.1. The number of hydrogen-bond donors (Lipinski definition) is 0. The minimum atomic E-state index is -0.836. The van der Waals surface area contributed by atoms with Crippen LogP contribution in [0.1, 0.15) is 27.0 Å². The van der Waals surface area contributed by atoms with Crippen molar-refractivity contribution in [3.63, 3.8) is 0 Å². The number of carbonyl (C=O) groups is 1. The van der Waals surface area contributed by atoms with Crippen molar-refractivity contribution < 1.29 is 19.4 Å². The van der Waals surface area contributed by atoms with Crippen LogP contribution >= 0.6 is 0 Å². The lowest BCUT2D eigenvalue weighted by Gasteiger charge is -2.09. The predicted molar refractivity (Wildman–Crippen MR) is 89.7 cm³/mol. The second-order valence-corrected chi connectivity index (χ2v) is 5.50. The maximum absolute atomic E-state index is 12.1. The van der Waals surface area contributed by atoms with E-state index < -0.39 is 27.2 Å². The van der Waals surface area contributed by atoms with E-state index >= 15 is 0 Å². The number of hydrogen-bond acceptors (Lipinski definition) is 6. The number of esters is 1. The Morgan fingerprint density at radius 3 is 2.20 bits per heavy atom. The molecule has 0 radical (unpaired) electrons. The van der Waals surface area contributed by atoms with Crippen molar-refractivity contribution in [1.82, 2.24) is 0 Å². The molecule has 0 aromatic heterocycles. The van der Waals surface area contributed by atoms with Gasteiger partial charge in [-0.3, -0.25) is 20.2 Å². The maximum Gasteiger partial charge on any atom is 0.338 e. The molecule has 0 saturated carbocycles. The second-order valence-electron chi connectivity index (χ2n) is 5.50. The van der Waals surface area contributed by atoms with Crippen molar-refractivity contribution in [2.75, 3.05) is 6.61 Å². The normalized spacial score (nSPS) is 10.3. The average molecular weight is 344 g/mol. The second kappa shape index (κ2) is 7.52. The van der Waals surface area contributed by atoms with Gasteiger partial charge in [-0.25, -0.2) is 4.79 Å². The number of aryl methyl sites for hydroxylation is 1. The van der Waals surface area contributed by atoms with Crippen molar-refractivity contribution >= 4 is 17.3 Å². The van der Waals surface area contributed by atoms with E-state index in [4.69, 9.17) is 4.74 Å². The Morgan fingerprint density at radius 2 is 1.64 bits per heavy atom. The van der Waals surface area contributed by atoms with Crippen LogP contribution in [0.4, 0.5) is 11.4 Å². The Labute approximate surface area is 143 Å². The molecular weight excluding hydrogens is 328 g/mol. The maximum atomic E-state index is 12.1. The lowest BCUT2D eigenvalue weighted by molar-refractivity contribution is -0.394. The van der Waals surface area contributed by atoms with E-state index in [0.29, 0.717) is 6.42 Å². The number of non-ortho nitro benzene ring substituents is 2. The fraction of sp³-hybridized carbons (Fsp3) is 0.235. The lowest BCUT2D eigenvalue weighted by Crippen LogP contribution is -2.10. The monoisotopic (exact) mass is 344 g/mol. The summed E-state index contributed by atoms with van der Waals surface area (Å²) in [4.78, 5) is 32.2. The van der Waals surface area contributed by atoms with Gasteiger partial charge in [0.15, 0.2) is 0 Å². The number of carbonyl (C=O) groups excluding carboxylic acids is 1. The highest BCUT2D eigenvalue weighted by Crippen LogP contribution is 2.23. The molecule has 8 nitrogen and oxygen atoms in total. The SMILES string of the molecule is Cc1cccc(CCOC(=O)c2cc([N+](=O)[O-])cc([N+](=O)[O-])c2)c1C. The van der Waals surface area contributed by atoms with Crippen LogP contribution in [-0.2, 0) is 11.2 Å². The Balaban J connectivity index is 2.11.